The molecule has 1 aromatic heterocycles. The molecule has 0 unspecified atom stereocenters. The van der Waals surface area contributed by atoms with Gasteiger partial charge in [0.2, 0.25) is 0 Å². The van der Waals surface area contributed by atoms with Gasteiger partial charge in [0.05, 0.1) is 5.02 Å². The van der Waals surface area contributed by atoms with Crippen molar-refractivity contribution in [3.05, 3.63) is 23.0 Å². The van der Waals surface area contributed by atoms with Crippen LogP contribution in [0.4, 0.5) is 0 Å². The van der Waals surface area contributed by atoms with Gasteiger partial charge in [0.25, 0.3) is 0 Å². The van der Waals surface area contributed by atoms with Crippen LogP contribution in [-0.2, 0) is 0 Å². The molecule has 1 heterocycles. The number of rotatable bonds is 2. The minimum Gasteiger partial charge on any atom is -0.477 e. The summed E-state index contributed by atoms with van der Waals surface area (Å²) in [5, 5.41) is 9.60. The van der Waals surface area contributed by atoms with Crippen LogP contribution < -0.4 is 0 Å². The summed E-state index contributed by atoms with van der Waals surface area (Å²) >= 11 is 5.88. The van der Waals surface area contributed by atoms with Crippen molar-refractivity contribution in [2.75, 3.05) is 0 Å². The first-order valence-electron chi connectivity index (χ1n) is 5.30. The predicted molar refractivity (Wildman–Crippen MR) is 63.0 cm³/mol. The zero-order valence-electron chi connectivity index (χ0n) is 9.91. The van der Waals surface area contributed by atoms with Crippen molar-refractivity contribution in [1.29, 1.82) is 0 Å². The zero-order valence-corrected chi connectivity index (χ0v) is 10.7. The Balaban J connectivity index is 2.48. The Labute approximate surface area is 100 Å². The molecule has 0 bridgehead atoms. The topological polar surface area (TPSA) is 42.2 Å². The van der Waals surface area contributed by atoms with Crippen LogP contribution in [0.1, 0.15) is 44.2 Å². The van der Waals surface area contributed by atoms with Gasteiger partial charge in [-0.1, -0.05) is 39.3 Å². The van der Waals surface area contributed by atoms with Crippen LogP contribution in [0.3, 0.4) is 0 Å². The number of hydrogen-bond donors (Lipinski definition) is 1. The molecule has 1 N–H and O–H groups in total. The fraction of sp³-hybridized carbons (Fsp3) is 0.583. The Kier molecular flexibility index (Phi) is 2.19. The third-order valence-electron chi connectivity index (χ3n) is 4.26. The second kappa shape index (κ2) is 3.04. The van der Waals surface area contributed by atoms with E-state index in [4.69, 9.17) is 16.7 Å². The first kappa shape index (κ1) is 11.5. The second-order valence-electron chi connectivity index (χ2n) is 5.60. The molecule has 2 rings (SSSR count). The third-order valence-corrected chi connectivity index (χ3v) is 4.46. The van der Waals surface area contributed by atoms with Crippen LogP contribution in [0.5, 0.6) is 0 Å². The molecular formula is C12H16ClNO2. The van der Waals surface area contributed by atoms with Crippen molar-refractivity contribution in [2.24, 2.45) is 10.8 Å². The molecule has 0 spiro atoms. The smallest absolute Gasteiger partial charge is 0.352 e. The summed E-state index contributed by atoms with van der Waals surface area (Å²) in [6.45, 7) is 8.60. The number of carboxylic acids is 1. The Morgan fingerprint density at radius 2 is 1.88 bits per heavy atom. The lowest BCUT2D eigenvalue weighted by atomic mass is 10.0. The molecule has 1 aliphatic rings. The summed E-state index contributed by atoms with van der Waals surface area (Å²) in [6, 6.07) is 1.70. The highest BCUT2D eigenvalue weighted by molar-refractivity contribution is 6.30. The van der Waals surface area contributed by atoms with Crippen LogP contribution in [0.15, 0.2) is 12.3 Å². The molecule has 1 saturated carbocycles. The van der Waals surface area contributed by atoms with Crippen molar-refractivity contribution >= 4 is 17.6 Å². The fourth-order valence-electron chi connectivity index (χ4n) is 2.69. The van der Waals surface area contributed by atoms with Crippen molar-refractivity contribution < 1.29 is 9.90 Å². The molecule has 0 radical (unpaired) electrons. The van der Waals surface area contributed by atoms with E-state index >= 15 is 0 Å². The molecule has 0 atom stereocenters. The van der Waals surface area contributed by atoms with E-state index in [0.717, 1.165) is 0 Å². The van der Waals surface area contributed by atoms with E-state index in [1.807, 2.05) is 0 Å². The lowest BCUT2D eigenvalue weighted by molar-refractivity contribution is 0.0684. The molecule has 88 valence electrons. The van der Waals surface area contributed by atoms with Gasteiger partial charge >= 0.3 is 5.97 Å². The van der Waals surface area contributed by atoms with Crippen molar-refractivity contribution in [3.8, 4) is 0 Å². The van der Waals surface area contributed by atoms with Crippen molar-refractivity contribution in [1.82, 2.24) is 4.57 Å². The predicted octanol–water partition coefficient (Wildman–Crippen LogP) is 3.45. The van der Waals surface area contributed by atoms with E-state index in [0.29, 0.717) is 5.02 Å². The van der Waals surface area contributed by atoms with Gasteiger partial charge in [0, 0.05) is 12.2 Å². The quantitative estimate of drug-likeness (QED) is 0.862. The lowest BCUT2D eigenvalue weighted by Crippen LogP contribution is -2.09. The normalized spacial score (nSPS) is 22.1. The Morgan fingerprint density at radius 1 is 1.38 bits per heavy atom. The van der Waals surface area contributed by atoms with Gasteiger partial charge in [-0.2, -0.15) is 0 Å². The number of aromatic carboxylic acids is 1. The first-order chi connectivity index (χ1) is 7.19. The summed E-state index contributed by atoms with van der Waals surface area (Å²) < 4.78 is 1.80. The summed E-state index contributed by atoms with van der Waals surface area (Å²) in [5.74, 6) is -0.926. The Bertz CT molecular complexity index is 446. The van der Waals surface area contributed by atoms with E-state index in [-0.39, 0.29) is 22.6 Å². The van der Waals surface area contributed by atoms with Crippen LogP contribution >= 0.6 is 11.6 Å². The van der Waals surface area contributed by atoms with E-state index in [1.54, 1.807) is 10.8 Å². The summed E-state index contributed by atoms with van der Waals surface area (Å²) in [7, 11) is 0. The highest BCUT2D eigenvalue weighted by atomic mass is 35.5. The van der Waals surface area contributed by atoms with Crippen LogP contribution in [0, 0.1) is 10.8 Å². The Morgan fingerprint density at radius 3 is 2.25 bits per heavy atom. The summed E-state index contributed by atoms with van der Waals surface area (Å²) in [6.07, 6.45) is 1.71. The second-order valence-corrected chi connectivity index (χ2v) is 6.04. The van der Waals surface area contributed by atoms with Gasteiger partial charge in [-0.15, -0.1) is 0 Å². The molecule has 1 aliphatic carbocycles. The lowest BCUT2D eigenvalue weighted by Gasteiger charge is -2.07. The van der Waals surface area contributed by atoms with Gasteiger partial charge in [0.15, 0.2) is 0 Å². The minimum atomic E-state index is -0.926. The fourth-order valence-corrected chi connectivity index (χ4v) is 2.90. The SMILES string of the molecule is CC1(C)C(n2cc(Cl)cc2C(=O)O)C1(C)C. The Hall–Kier alpha value is -0.960. The van der Waals surface area contributed by atoms with Gasteiger partial charge in [-0.25, -0.2) is 4.79 Å². The van der Waals surface area contributed by atoms with Gasteiger partial charge in [-0.05, 0) is 16.9 Å². The molecule has 0 aromatic carbocycles. The molecule has 1 aromatic rings. The van der Waals surface area contributed by atoms with Crippen molar-refractivity contribution in [3.63, 3.8) is 0 Å². The largest absolute Gasteiger partial charge is 0.477 e. The van der Waals surface area contributed by atoms with Gasteiger partial charge in [0.1, 0.15) is 5.69 Å². The average Bonchev–Trinajstić information content (AvgIpc) is 2.43. The number of halogens is 1. The van der Waals surface area contributed by atoms with Crippen molar-refractivity contribution in [2.45, 2.75) is 33.7 Å². The molecular weight excluding hydrogens is 226 g/mol. The maximum atomic E-state index is 11.1. The molecule has 0 saturated heterocycles. The van der Waals surface area contributed by atoms with E-state index < -0.39 is 5.97 Å². The highest BCUT2D eigenvalue weighted by Gasteiger charge is 2.66. The standard InChI is InChI=1S/C12H16ClNO2/c1-11(2)10(12(11,3)4)14-6-7(13)5-8(14)9(15)16/h5-6,10H,1-4H3,(H,15,16). The molecule has 3 nitrogen and oxygen atoms in total. The number of carboxylic acid groups (broad SMARTS) is 1. The zero-order chi connectivity index (χ0) is 12.3. The van der Waals surface area contributed by atoms with Gasteiger partial charge < -0.3 is 9.67 Å². The highest BCUT2D eigenvalue weighted by Crippen LogP contribution is 2.71. The van der Waals surface area contributed by atoms with E-state index in [1.165, 1.54) is 6.07 Å². The summed E-state index contributed by atoms with van der Waals surface area (Å²) in [4.78, 5) is 11.1. The van der Waals surface area contributed by atoms with E-state index in [9.17, 15) is 4.79 Å². The maximum Gasteiger partial charge on any atom is 0.352 e. The van der Waals surface area contributed by atoms with Gasteiger partial charge in [-0.3, -0.25) is 0 Å². The summed E-state index contributed by atoms with van der Waals surface area (Å²) in [5.41, 5.74) is 0.465. The number of nitrogens with zero attached hydrogens (tertiary/aromatic N) is 1. The third kappa shape index (κ3) is 1.31. The maximum absolute atomic E-state index is 11.1. The van der Waals surface area contributed by atoms with Crippen LogP contribution in [-0.4, -0.2) is 15.6 Å². The molecule has 1 fully saturated rings. The number of aromatic nitrogens is 1. The first-order valence-corrected chi connectivity index (χ1v) is 5.68. The van der Waals surface area contributed by atoms with Crippen LogP contribution in [0.25, 0.3) is 0 Å². The minimum absolute atomic E-state index is 0.0968. The molecule has 0 amide bonds. The number of carbonyl (C=O) groups is 1. The number of hydrogen-bond acceptors (Lipinski definition) is 1. The molecule has 16 heavy (non-hydrogen) atoms. The monoisotopic (exact) mass is 241 g/mol. The molecule has 0 aliphatic heterocycles. The van der Waals surface area contributed by atoms with Crippen LogP contribution in [0.2, 0.25) is 5.02 Å². The molecule has 4 heteroatoms. The van der Waals surface area contributed by atoms with E-state index in [2.05, 4.69) is 27.7 Å². The average molecular weight is 242 g/mol.